The lowest BCUT2D eigenvalue weighted by Crippen LogP contribution is -2.50. The molecule has 228 valence electrons. The van der Waals surface area contributed by atoms with E-state index in [4.69, 9.17) is 13.6 Å². The quantitative estimate of drug-likeness (QED) is 0.176. The number of rotatable bonds is 13. The first kappa shape index (κ1) is 36.0. The number of nitrogens with one attached hydrogen (secondary N) is 1. The van der Waals surface area contributed by atoms with E-state index in [2.05, 4.69) is 92.1 Å². The summed E-state index contributed by atoms with van der Waals surface area (Å²) in [6.07, 6.45) is 6.43. The van der Waals surface area contributed by atoms with E-state index >= 15 is 0 Å². The van der Waals surface area contributed by atoms with Gasteiger partial charge in [0.2, 0.25) is 5.91 Å². The van der Waals surface area contributed by atoms with Gasteiger partial charge in [0.15, 0.2) is 16.6 Å². The smallest absolute Gasteiger partial charge is 0.308 e. The van der Waals surface area contributed by atoms with Crippen LogP contribution in [0.25, 0.3) is 0 Å². The second-order valence-electron chi connectivity index (χ2n) is 14.6. The van der Waals surface area contributed by atoms with Crippen molar-refractivity contribution < 1.29 is 28.3 Å². The highest BCUT2D eigenvalue weighted by Crippen LogP contribution is 2.39. The number of aliphatic carboxylic acids is 1. The average Bonchev–Trinajstić information content (AvgIpc) is 2.76. The molecule has 0 saturated carbocycles. The maximum atomic E-state index is 13.0. The molecule has 2 N–H and O–H groups in total. The molecule has 39 heavy (non-hydrogen) atoms. The number of carboxylic acids is 1. The molecule has 1 amide bonds. The Hall–Kier alpha value is -1.01. The third kappa shape index (κ3) is 11.1. The van der Waals surface area contributed by atoms with Gasteiger partial charge in [0.25, 0.3) is 0 Å². The second kappa shape index (κ2) is 14.3. The number of ether oxygens (including phenoxy) is 1. The molecule has 0 aromatic rings. The zero-order valence-electron chi connectivity index (χ0n) is 27.1. The highest BCUT2D eigenvalue weighted by Gasteiger charge is 2.42. The van der Waals surface area contributed by atoms with E-state index in [0.717, 1.165) is 19.3 Å². The van der Waals surface area contributed by atoms with Gasteiger partial charge in [0, 0.05) is 13.0 Å². The number of amides is 1. The van der Waals surface area contributed by atoms with Crippen LogP contribution in [-0.2, 0) is 23.2 Å². The van der Waals surface area contributed by atoms with E-state index in [1.807, 2.05) is 6.92 Å². The molecule has 9 heteroatoms. The van der Waals surface area contributed by atoms with Gasteiger partial charge in [-0.3, -0.25) is 9.59 Å². The Morgan fingerprint density at radius 1 is 1.03 bits per heavy atom. The van der Waals surface area contributed by atoms with Crippen LogP contribution in [0.1, 0.15) is 88.0 Å². The van der Waals surface area contributed by atoms with Crippen LogP contribution in [0.4, 0.5) is 0 Å². The largest absolute Gasteiger partial charge is 0.481 e. The first-order chi connectivity index (χ1) is 17.6. The minimum absolute atomic E-state index is 0.00507. The van der Waals surface area contributed by atoms with Gasteiger partial charge in [-0.2, -0.15) is 0 Å². The molecule has 0 aromatic heterocycles. The van der Waals surface area contributed by atoms with E-state index in [0.29, 0.717) is 0 Å². The molecule has 1 aliphatic rings. The maximum absolute atomic E-state index is 13.0. The van der Waals surface area contributed by atoms with Gasteiger partial charge in [-0.05, 0) is 68.9 Å². The van der Waals surface area contributed by atoms with Crippen LogP contribution in [0, 0.1) is 11.8 Å². The van der Waals surface area contributed by atoms with Crippen LogP contribution in [0.15, 0.2) is 12.2 Å². The van der Waals surface area contributed by atoms with Gasteiger partial charge in [-0.15, -0.1) is 0 Å². The van der Waals surface area contributed by atoms with E-state index in [1.165, 1.54) is 0 Å². The lowest BCUT2D eigenvalue weighted by Gasteiger charge is -2.41. The van der Waals surface area contributed by atoms with E-state index in [1.54, 1.807) is 6.92 Å². The summed E-state index contributed by atoms with van der Waals surface area (Å²) in [5, 5.41) is 12.7. The Morgan fingerprint density at radius 2 is 1.56 bits per heavy atom. The summed E-state index contributed by atoms with van der Waals surface area (Å²) < 4.78 is 19.6. The van der Waals surface area contributed by atoms with Crippen molar-refractivity contribution in [2.24, 2.45) is 11.8 Å². The fourth-order valence-electron chi connectivity index (χ4n) is 4.21. The molecule has 1 saturated heterocycles. The minimum Gasteiger partial charge on any atom is -0.481 e. The first-order valence-corrected chi connectivity index (χ1v) is 20.6. The fourth-order valence-corrected chi connectivity index (χ4v) is 6.89. The number of hydrogen-bond donors (Lipinski definition) is 2. The van der Waals surface area contributed by atoms with Gasteiger partial charge in [-0.25, -0.2) is 0 Å². The number of carboxylic acid groups (broad SMARTS) is 1. The van der Waals surface area contributed by atoms with Crippen molar-refractivity contribution in [1.82, 2.24) is 5.32 Å². The molecule has 1 heterocycles. The van der Waals surface area contributed by atoms with Crippen LogP contribution in [0.3, 0.4) is 0 Å². The van der Waals surface area contributed by atoms with Crippen molar-refractivity contribution in [2.45, 2.75) is 149 Å². The van der Waals surface area contributed by atoms with Crippen LogP contribution >= 0.6 is 0 Å². The Labute approximate surface area is 241 Å². The Balaban J connectivity index is 2.84. The lowest BCUT2D eigenvalue weighted by molar-refractivity contribution is -0.145. The highest BCUT2D eigenvalue weighted by molar-refractivity contribution is 6.74. The topological polar surface area (TPSA) is 94.1 Å². The van der Waals surface area contributed by atoms with E-state index in [9.17, 15) is 14.7 Å². The summed E-state index contributed by atoms with van der Waals surface area (Å²) in [6.45, 7) is 27.8. The van der Waals surface area contributed by atoms with Crippen LogP contribution < -0.4 is 5.32 Å². The van der Waals surface area contributed by atoms with Gasteiger partial charge in [-0.1, -0.05) is 60.6 Å². The molecule has 1 fully saturated rings. The molecule has 7 nitrogen and oxygen atoms in total. The monoisotopic (exact) mass is 585 g/mol. The van der Waals surface area contributed by atoms with Gasteiger partial charge >= 0.3 is 5.97 Å². The molecule has 6 atom stereocenters. The third-order valence-electron chi connectivity index (χ3n) is 9.19. The number of allylic oxidation sites excluding steroid dienone is 1. The molecular formula is C30H59NO6Si2. The molecule has 1 rings (SSSR count). The zero-order chi connectivity index (χ0) is 30.4. The van der Waals surface area contributed by atoms with Crippen molar-refractivity contribution in [3.63, 3.8) is 0 Å². The van der Waals surface area contributed by atoms with E-state index in [-0.39, 0.29) is 53.2 Å². The lowest BCUT2D eigenvalue weighted by atomic mass is 9.89. The Kier molecular flexibility index (Phi) is 13.2. The molecule has 1 aliphatic heterocycles. The minimum atomic E-state index is -2.22. The second-order valence-corrected chi connectivity index (χ2v) is 24.1. The van der Waals surface area contributed by atoms with E-state index < -0.39 is 34.6 Å². The summed E-state index contributed by atoms with van der Waals surface area (Å²) in [7, 11) is -4.15. The predicted molar refractivity (Wildman–Crippen MR) is 165 cm³/mol. The van der Waals surface area contributed by atoms with Gasteiger partial charge < -0.3 is 24.0 Å². The molecule has 0 spiro atoms. The molecule has 0 aliphatic carbocycles. The third-order valence-corrected chi connectivity index (χ3v) is 18.2. The summed E-state index contributed by atoms with van der Waals surface area (Å²) in [6, 6.07) is 0. The number of carbonyl (C=O) groups excluding carboxylic acids is 1. The van der Waals surface area contributed by atoms with Crippen LogP contribution in [0.2, 0.25) is 36.3 Å². The fraction of sp³-hybridized carbons (Fsp3) is 0.867. The maximum Gasteiger partial charge on any atom is 0.308 e. The number of carbonyl (C=O) groups is 2. The Morgan fingerprint density at radius 3 is 2.05 bits per heavy atom. The van der Waals surface area contributed by atoms with Gasteiger partial charge in [0.1, 0.15) is 0 Å². The average molecular weight is 586 g/mol. The summed E-state index contributed by atoms with van der Waals surface area (Å²) in [5.41, 5.74) is 0. The van der Waals surface area contributed by atoms with Crippen molar-refractivity contribution in [1.29, 1.82) is 0 Å². The molecule has 0 bridgehead atoms. The SMILES string of the molecule is C/C=C/C(C[C@@H]1CC[C@@H](C)[C@@H](CC(=O)NC[C@@H](O[Si](C)(C)C(C)(C)C)[C@@H](C)C(=O)O)O1)O[Si](C)(C)C(C)(C)C. The van der Waals surface area contributed by atoms with Crippen molar-refractivity contribution in [3.05, 3.63) is 12.2 Å². The Bertz CT molecular complexity index is 830. The standard InChI is InChI=1S/C30H59NO6Si2/c1-14-15-24(36-38(10,11)29(4,5)6)18-23-17-16-21(2)25(35-23)19-27(32)31-20-26(22(3)28(33)34)37-39(12,13)30(7,8)9/h14-15,21-26H,16-20H2,1-13H3,(H,31,32)(H,33,34)/b15-14+/t21-,22-,23+,24?,25-,26-/m1/s1. The molecular weight excluding hydrogens is 527 g/mol. The zero-order valence-corrected chi connectivity index (χ0v) is 29.1. The van der Waals surface area contributed by atoms with Crippen molar-refractivity contribution >= 4 is 28.5 Å². The predicted octanol–water partition coefficient (Wildman–Crippen LogP) is 7.14. The molecule has 1 unspecified atom stereocenters. The highest BCUT2D eigenvalue weighted by atomic mass is 28.4. The van der Waals surface area contributed by atoms with Crippen molar-refractivity contribution in [2.75, 3.05) is 6.54 Å². The van der Waals surface area contributed by atoms with Crippen molar-refractivity contribution in [3.8, 4) is 0 Å². The summed E-state index contributed by atoms with van der Waals surface area (Å²) >= 11 is 0. The van der Waals surface area contributed by atoms with Crippen LogP contribution in [0.5, 0.6) is 0 Å². The summed E-state index contributed by atoms with van der Waals surface area (Å²) in [5.74, 6) is -1.50. The normalized spacial score (nSPS) is 23.9. The van der Waals surface area contributed by atoms with Gasteiger partial charge in [0.05, 0.1) is 36.8 Å². The molecule has 0 radical (unpaired) electrons. The van der Waals surface area contributed by atoms with Crippen LogP contribution in [-0.4, -0.2) is 64.6 Å². The first-order valence-electron chi connectivity index (χ1n) is 14.7. The number of hydrogen-bond acceptors (Lipinski definition) is 5. The summed E-state index contributed by atoms with van der Waals surface area (Å²) in [4.78, 5) is 24.8. The molecule has 0 aromatic carbocycles.